The molecule has 2 aromatic rings. The molecule has 4 heteroatoms. The summed E-state index contributed by atoms with van der Waals surface area (Å²) in [5.41, 5.74) is 8.42. The quantitative estimate of drug-likeness (QED) is 0.739. The zero-order valence-corrected chi connectivity index (χ0v) is 12.0. The lowest BCUT2D eigenvalue weighted by Crippen LogP contribution is -2.36. The summed E-state index contributed by atoms with van der Waals surface area (Å²) in [4.78, 5) is 12.0. The molecule has 0 radical (unpaired) electrons. The topological polar surface area (TPSA) is 75.3 Å². The Morgan fingerprint density at radius 2 is 1.95 bits per heavy atom. The van der Waals surface area contributed by atoms with Crippen molar-refractivity contribution in [2.45, 2.75) is 25.8 Å². The standard InChI is InChI=1S/C17H20N2O2/c1-12-7-10-16(20)15(11-12)19-17(21)14(18)9-8-13-5-3-2-4-6-13/h2-7,10-11,14,20H,8-9,18H2,1H3,(H,19,21). The molecule has 0 bridgehead atoms. The predicted molar refractivity (Wildman–Crippen MR) is 84.2 cm³/mol. The van der Waals surface area contributed by atoms with E-state index in [4.69, 9.17) is 5.73 Å². The summed E-state index contributed by atoms with van der Waals surface area (Å²) in [6, 6.07) is 14.4. The van der Waals surface area contributed by atoms with Gasteiger partial charge < -0.3 is 16.2 Å². The van der Waals surface area contributed by atoms with Crippen molar-refractivity contribution in [1.82, 2.24) is 0 Å². The van der Waals surface area contributed by atoms with Crippen LogP contribution in [0.2, 0.25) is 0 Å². The Labute approximate surface area is 124 Å². The van der Waals surface area contributed by atoms with Crippen molar-refractivity contribution in [2.75, 3.05) is 5.32 Å². The summed E-state index contributed by atoms with van der Waals surface area (Å²) in [6.45, 7) is 1.89. The number of hydrogen-bond donors (Lipinski definition) is 3. The molecule has 2 aromatic carbocycles. The van der Waals surface area contributed by atoms with Gasteiger partial charge in [0.25, 0.3) is 0 Å². The van der Waals surface area contributed by atoms with Crippen LogP contribution < -0.4 is 11.1 Å². The van der Waals surface area contributed by atoms with Crippen LogP contribution in [0.4, 0.5) is 5.69 Å². The number of anilines is 1. The number of nitrogens with two attached hydrogens (primary N) is 1. The Morgan fingerprint density at radius 1 is 1.24 bits per heavy atom. The lowest BCUT2D eigenvalue weighted by atomic mass is 10.1. The third-order valence-corrected chi connectivity index (χ3v) is 3.33. The maximum atomic E-state index is 12.0. The van der Waals surface area contributed by atoms with Gasteiger partial charge in [-0.15, -0.1) is 0 Å². The van der Waals surface area contributed by atoms with E-state index in [1.165, 1.54) is 0 Å². The minimum Gasteiger partial charge on any atom is -0.506 e. The van der Waals surface area contributed by atoms with E-state index in [0.29, 0.717) is 12.1 Å². The van der Waals surface area contributed by atoms with E-state index in [1.807, 2.05) is 37.3 Å². The van der Waals surface area contributed by atoms with Gasteiger partial charge in [-0.3, -0.25) is 4.79 Å². The largest absolute Gasteiger partial charge is 0.506 e. The molecule has 0 fully saturated rings. The third kappa shape index (κ3) is 4.33. The van der Waals surface area contributed by atoms with Crippen LogP contribution in [-0.4, -0.2) is 17.1 Å². The van der Waals surface area contributed by atoms with Crippen molar-refractivity contribution in [3.63, 3.8) is 0 Å². The molecule has 4 nitrogen and oxygen atoms in total. The van der Waals surface area contributed by atoms with Gasteiger partial charge in [-0.25, -0.2) is 0 Å². The highest BCUT2D eigenvalue weighted by molar-refractivity contribution is 5.95. The lowest BCUT2D eigenvalue weighted by molar-refractivity contribution is -0.117. The second-order valence-electron chi connectivity index (χ2n) is 5.14. The highest BCUT2D eigenvalue weighted by atomic mass is 16.3. The second kappa shape index (κ2) is 6.90. The Hall–Kier alpha value is -2.33. The molecule has 1 unspecified atom stereocenters. The minimum absolute atomic E-state index is 0.0456. The zero-order chi connectivity index (χ0) is 15.2. The van der Waals surface area contributed by atoms with Crippen LogP contribution in [0.15, 0.2) is 48.5 Å². The maximum Gasteiger partial charge on any atom is 0.241 e. The van der Waals surface area contributed by atoms with Gasteiger partial charge in [-0.2, -0.15) is 0 Å². The number of hydrogen-bond acceptors (Lipinski definition) is 3. The van der Waals surface area contributed by atoms with Crippen LogP contribution in [0, 0.1) is 6.92 Å². The van der Waals surface area contributed by atoms with E-state index in [0.717, 1.165) is 17.5 Å². The first-order valence-corrected chi connectivity index (χ1v) is 6.96. The molecular weight excluding hydrogens is 264 g/mol. The first kappa shape index (κ1) is 15.1. The molecule has 4 N–H and O–H groups in total. The van der Waals surface area contributed by atoms with Crippen LogP contribution in [0.5, 0.6) is 5.75 Å². The Bertz CT molecular complexity index is 611. The van der Waals surface area contributed by atoms with Crippen LogP contribution in [0.1, 0.15) is 17.5 Å². The van der Waals surface area contributed by atoms with Gasteiger partial charge in [0.05, 0.1) is 11.7 Å². The average molecular weight is 284 g/mol. The first-order chi connectivity index (χ1) is 10.1. The Balaban J connectivity index is 1.92. The monoisotopic (exact) mass is 284 g/mol. The molecule has 1 amide bonds. The molecule has 1 atom stereocenters. The number of phenolic OH excluding ortho intramolecular Hbond substituents is 1. The molecule has 0 spiro atoms. The SMILES string of the molecule is Cc1ccc(O)c(NC(=O)C(N)CCc2ccccc2)c1. The number of aryl methyl sites for hydroxylation is 2. The first-order valence-electron chi connectivity index (χ1n) is 6.96. The number of carbonyl (C=O) groups is 1. The van der Waals surface area contributed by atoms with Gasteiger partial charge in [-0.1, -0.05) is 36.4 Å². The molecule has 0 aliphatic carbocycles. The van der Waals surface area contributed by atoms with E-state index in [2.05, 4.69) is 5.32 Å². The number of amides is 1. The molecule has 0 heterocycles. The summed E-state index contributed by atoms with van der Waals surface area (Å²) in [6.07, 6.45) is 1.30. The third-order valence-electron chi connectivity index (χ3n) is 3.33. The molecule has 0 aliphatic rings. The molecule has 0 saturated carbocycles. The van der Waals surface area contributed by atoms with Gasteiger partial charge in [-0.05, 0) is 43.0 Å². The molecule has 21 heavy (non-hydrogen) atoms. The fourth-order valence-corrected chi connectivity index (χ4v) is 2.07. The number of carbonyl (C=O) groups excluding carboxylic acids is 1. The number of phenols is 1. The smallest absolute Gasteiger partial charge is 0.241 e. The molecule has 0 aliphatic heterocycles. The van der Waals surface area contributed by atoms with Crippen LogP contribution in [-0.2, 0) is 11.2 Å². The summed E-state index contributed by atoms with van der Waals surface area (Å²) < 4.78 is 0. The van der Waals surface area contributed by atoms with Crippen LogP contribution in [0.25, 0.3) is 0 Å². The van der Waals surface area contributed by atoms with Crippen molar-refractivity contribution < 1.29 is 9.90 Å². The summed E-state index contributed by atoms with van der Waals surface area (Å²) in [5.74, 6) is -0.240. The van der Waals surface area contributed by atoms with Gasteiger partial charge in [0, 0.05) is 0 Å². The highest BCUT2D eigenvalue weighted by Crippen LogP contribution is 2.24. The Morgan fingerprint density at radius 3 is 2.67 bits per heavy atom. The van der Waals surface area contributed by atoms with Crippen molar-refractivity contribution >= 4 is 11.6 Å². The van der Waals surface area contributed by atoms with Crippen molar-refractivity contribution in [2.24, 2.45) is 5.73 Å². The van der Waals surface area contributed by atoms with Crippen molar-refractivity contribution in [3.8, 4) is 5.75 Å². The lowest BCUT2D eigenvalue weighted by Gasteiger charge is -2.13. The molecule has 110 valence electrons. The molecule has 0 aromatic heterocycles. The minimum atomic E-state index is -0.606. The number of rotatable bonds is 5. The van der Waals surface area contributed by atoms with E-state index < -0.39 is 6.04 Å². The zero-order valence-electron chi connectivity index (χ0n) is 12.0. The summed E-state index contributed by atoms with van der Waals surface area (Å²) in [7, 11) is 0. The predicted octanol–water partition coefficient (Wildman–Crippen LogP) is 2.60. The van der Waals surface area contributed by atoms with E-state index in [1.54, 1.807) is 18.2 Å². The summed E-state index contributed by atoms with van der Waals surface area (Å²) >= 11 is 0. The van der Waals surface area contributed by atoms with E-state index >= 15 is 0 Å². The average Bonchev–Trinajstić information content (AvgIpc) is 2.49. The highest BCUT2D eigenvalue weighted by Gasteiger charge is 2.15. The van der Waals surface area contributed by atoms with Crippen LogP contribution >= 0.6 is 0 Å². The van der Waals surface area contributed by atoms with Gasteiger partial charge in [0.1, 0.15) is 5.75 Å². The fraction of sp³-hybridized carbons (Fsp3) is 0.235. The maximum absolute atomic E-state index is 12.0. The van der Waals surface area contributed by atoms with Crippen molar-refractivity contribution in [1.29, 1.82) is 0 Å². The number of benzene rings is 2. The van der Waals surface area contributed by atoms with Gasteiger partial charge >= 0.3 is 0 Å². The van der Waals surface area contributed by atoms with Crippen molar-refractivity contribution in [3.05, 3.63) is 59.7 Å². The number of aromatic hydroxyl groups is 1. The molecule has 2 rings (SSSR count). The molecular formula is C17H20N2O2. The van der Waals surface area contributed by atoms with Gasteiger partial charge in [0.15, 0.2) is 0 Å². The van der Waals surface area contributed by atoms with Crippen LogP contribution in [0.3, 0.4) is 0 Å². The Kier molecular flexibility index (Phi) is 4.95. The van der Waals surface area contributed by atoms with E-state index in [9.17, 15) is 9.90 Å². The summed E-state index contributed by atoms with van der Waals surface area (Å²) in [5, 5.41) is 12.4. The normalized spacial score (nSPS) is 11.9. The fourth-order valence-electron chi connectivity index (χ4n) is 2.07. The second-order valence-corrected chi connectivity index (χ2v) is 5.14. The van der Waals surface area contributed by atoms with E-state index in [-0.39, 0.29) is 11.7 Å². The number of nitrogens with one attached hydrogen (secondary N) is 1. The van der Waals surface area contributed by atoms with Gasteiger partial charge in [0.2, 0.25) is 5.91 Å². The molecule has 0 saturated heterocycles.